The number of hydrogen-bond donors (Lipinski definition) is 2. The van der Waals surface area contributed by atoms with Crippen LogP contribution in [0.5, 0.6) is 0 Å². The van der Waals surface area contributed by atoms with E-state index in [4.69, 9.17) is 0 Å². The average molecular weight is 406 g/mol. The monoisotopic (exact) mass is 406 g/mol. The van der Waals surface area contributed by atoms with E-state index >= 15 is 0 Å². The molecule has 152 valence electrons. The number of benzene rings is 4. The van der Waals surface area contributed by atoms with Gasteiger partial charge in [0.05, 0.1) is 11.3 Å². The van der Waals surface area contributed by atoms with Crippen molar-refractivity contribution in [1.82, 2.24) is 5.32 Å². The van der Waals surface area contributed by atoms with Gasteiger partial charge in [-0.3, -0.25) is 9.59 Å². The molecule has 4 nitrogen and oxygen atoms in total. The highest BCUT2D eigenvalue weighted by Gasteiger charge is 2.14. The van der Waals surface area contributed by atoms with Gasteiger partial charge in [0.1, 0.15) is 0 Å². The minimum atomic E-state index is -0.261. The summed E-state index contributed by atoms with van der Waals surface area (Å²) in [6.07, 6.45) is 0. The topological polar surface area (TPSA) is 58.2 Å². The van der Waals surface area contributed by atoms with E-state index in [0.29, 0.717) is 23.4 Å². The summed E-state index contributed by atoms with van der Waals surface area (Å²) in [4.78, 5) is 25.5. The summed E-state index contributed by atoms with van der Waals surface area (Å²) in [5.41, 5.74) is 4.57. The zero-order valence-electron chi connectivity index (χ0n) is 16.9. The van der Waals surface area contributed by atoms with Gasteiger partial charge in [0.25, 0.3) is 11.8 Å². The summed E-state index contributed by atoms with van der Waals surface area (Å²) in [6.45, 7) is 0.420. The third kappa shape index (κ3) is 5.06. The predicted molar refractivity (Wildman–Crippen MR) is 124 cm³/mol. The second-order valence-electron chi connectivity index (χ2n) is 7.11. The van der Waals surface area contributed by atoms with Crippen LogP contribution in [0.3, 0.4) is 0 Å². The first-order chi connectivity index (χ1) is 15.2. The largest absolute Gasteiger partial charge is 0.348 e. The molecule has 0 unspecified atom stereocenters. The van der Waals surface area contributed by atoms with Crippen molar-refractivity contribution in [2.45, 2.75) is 6.54 Å². The first kappa shape index (κ1) is 20.1. The fraction of sp³-hybridized carbons (Fsp3) is 0.0370. The molecule has 0 spiro atoms. The Labute approximate surface area is 181 Å². The van der Waals surface area contributed by atoms with Gasteiger partial charge in [-0.05, 0) is 41.0 Å². The van der Waals surface area contributed by atoms with Gasteiger partial charge in [0.2, 0.25) is 0 Å². The van der Waals surface area contributed by atoms with Crippen LogP contribution in [0.25, 0.3) is 11.1 Å². The maximum atomic E-state index is 12.8. The standard InChI is InChI=1S/C27H22N2O2/c30-26(23-17-15-22(16-18-23)21-11-5-2-6-12-21)29-25-14-8-7-13-24(25)27(31)28-19-20-9-3-1-4-10-20/h1-18H,19H2,(H,28,31)(H,29,30). The van der Waals surface area contributed by atoms with Crippen LogP contribution in [0, 0.1) is 0 Å². The van der Waals surface area contributed by atoms with Gasteiger partial charge in [-0.1, -0.05) is 84.9 Å². The van der Waals surface area contributed by atoms with Crippen molar-refractivity contribution in [3.63, 3.8) is 0 Å². The first-order valence-corrected chi connectivity index (χ1v) is 10.1. The molecule has 4 aromatic rings. The molecular formula is C27H22N2O2. The number of para-hydroxylation sites is 1. The Balaban J connectivity index is 1.45. The van der Waals surface area contributed by atoms with Gasteiger partial charge < -0.3 is 10.6 Å². The van der Waals surface area contributed by atoms with Gasteiger partial charge in [-0.2, -0.15) is 0 Å². The van der Waals surface area contributed by atoms with E-state index in [9.17, 15) is 9.59 Å². The minimum Gasteiger partial charge on any atom is -0.348 e. The molecule has 0 atom stereocenters. The summed E-state index contributed by atoms with van der Waals surface area (Å²) in [5, 5.41) is 5.77. The van der Waals surface area contributed by atoms with Crippen LogP contribution in [0.4, 0.5) is 5.69 Å². The lowest BCUT2D eigenvalue weighted by Gasteiger charge is -2.12. The van der Waals surface area contributed by atoms with Crippen molar-refractivity contribution in [3.05, 3.63) is 126 Å². The Morgan fingerprint density at radius 2 is 1.16 bits per heavy atom. The number of amides is 2. The van der Waals surface area contributed by atoms with E-state index in [-0.39, 0.29) is 11.8 Å². The number of rotatable bonds is 6. The van der Waals surface area contributed by atoms with E-state index < -0.39 is 0 Å². The normalized spacial score (nSPS) is 10.3. The fourth-order valence-corrected chi connectivity index (χ4v) is 3.30. The SMILES string of the molecule is O=C(Nc1ccccc1C(=O)NCc1ccccc1)c1ccc(-c2ccccc2)cc1. The second kappa shape index (κ2) is 9.55. The highest BCUT2D eigenvalue weighted by atomic mass is 16.2. The van der Waals surface area contributed by atoms with E-state index in [0.717, 1.165) is 16.7 Å². The van der Waals surface area contributed by atoms with Gasteiger partial charge in [0.15, 0.2) is 0 Å². The van der Waals surface area contributed by atoms with Crippen molar-refractivity contribution in [3.8, 4) is 11.1 Å². The van der Waals surface area contributed by atoms with Crippen LogP contribution < -0.4 is 10.6 Å². The molecule has 0 radical (unpaired) electrons. The van der Waals surface area contributed by atoms with Gasteiger partial charge >= 0.3 is 0 Å². The Morgan fingerprint density at radius 1 is 0.581 bits per heavy atom. The van der Waals surface area contributed by atoms with Crippen molar-refractivity contribution in [2.75, 3.05) is 5.32 Å². The average Bonchev–Trinajstić information content (AvgIpc) is 2.84. The van der Waals surface area contributed by atoms with Crippen molar-refractivity contribution in [1.29, 1.82) is 0 Å². The molecule has 31 heavy (non-hydrogen) atoms. The number of nitrogens with one attached hydrogen (secondary N) is 2. The zero-order valence-corrected chi connectivity index (χ0v) is 16.9. The van der Waals surface area contributed by atoms with Crippen molar-refractivity contribution >= 4 is 17.5 Å². The third-order valence-corrected chi connectivity index (χ3v) is 4.97. The molecule has 4 heteroatoms. The zero-order chi connectivity index (χ0) is 21.5. The number of anilines is 1. The van der Waals surface area contributed by atoms with Crippen LogP contribution in [0.15, 0.2) is 109 Å². The lowest BCUT2D eigenvalue weighted by Crippen LogP contribution is -2.24. The van der Waals surface area contributed by atoms with Crippen LogP contribution in [0.1, 0.15) is 26.3 Å². The molecule has 0 aliphatic rings. The molecule has 0 bridgehead atoms. The first-order valence-electron chi connectivity index (χ1n) is 10.1. The Bertz CT molecular complexity index is 1170. The third-order valence-electron chi connectivity index (χ3n) is 4.97. The maximum absolute atomic E-state index is 12.8. The molecule has 2 N–H and O–H groups in total. The molecule has 0 aliphatic heterocycles. The number of carbonyl (C=O) groups is 2. The lowest BCUT2D eigenvalue weighted by atomic mass is 10.0. The Morgan fingerprint density at radius 3 is 1.87 bits per heavy atom. The Kier molecular flexibility index (Phi) is 6.19. The molecule has 4 aromatic carbocycles. The van der Waals surface area contributed by atoms with Gasteiger partial charge in [-0.15, -0.1) is 0 Å². The van der Waals surface area contributed by atoms with Gasteiger partial charge in [0, 0.05) is 12.1 Å². The predicted octanol–water partition coefficient (Wildman–Crippen LogP) is 5.54. The summed E-state index contributed by atoms with van der Waals surface area (Å²) in [7, 11) is 0. The summed E-state index contributed by atoms with van der Waals surface area (Å²) >= 11 is 0. The number of hydrogen-bond acceptors (Lipinski definition) is 2. The summed E-state index contributed by atoms with van der Waals surface area (Å²) < 4.78 is 0. The lowest BCUT2D eigenvalue weighted by molar-refractivity contribution is 0.0952. The van der Waals surface area contributed by atoms with Crippen LogP contribution in [-0.2, 0) is 6.54 Å². The van der Waals surface area contributed by atoms with Crippen molar-refractivity contribution < 1.29 is 9.59 Å². The molecule has 0 fully saturated rings. The van der Waals surface area contributed by atoms with E-state index in [1.165, 1.54) is 0 Å². The molecule has 0 saturated heterocycles. The van der Waals surface area contributed by atoms with Crippen LogP contribution >= 0.6 is 0 Å². The molecule has 0 aromatic heterocycles. The number of carbonyl (C=O) groups excluding carboxylic acids is 2. The quantitative estimate of drug-likeness (QED) is 0.442. The van der Waals surface area contributed by atoms with E-state index in [2.05, 4.69) is 10.6 Å². The minimum absolute atomic E-state index is 0.237. The highest BCUT2D eigenvalue weighted by molar-refractivity contribution is 6.09. The fourth-order valence-electron chi connectivity index (χ4n) is 3.30. The van der Waals surface area contributed by atoms with Gasteiger partial charge in [-0.25, -0.2) is 0 Å². The van der Waals surface area contributed by atoms with E-state index in [1.807, 2.05) is 72.8 Å². The second-order valence-corrected chi connectivity index (χ2v) is 7.11. The smallest absolute Gasteiger partial charge is 0.255 e. The summed E-state index contributed by atoms with van der Waals surface area (Å²) in [5.74, 6) is -0.498. The molecule has 4 rings (SSSR count). The molecular weight excluding hydrogens is 384 g/mol. The van der Waals surface area contributed by atoms with E-state index in [1.54, 1.807) is 36.4 Å². The molecule has 2 amide bonds. The van der Waals surface area contributed by atoms with Crippen molar-refractivity contribution in [2.24, 2.45) is 0 Å². The maximum Gasteiger partial charge on any atom is 0.255 e. The van der Waals surface area contributed by atoms with Crippen LogP contribution in [-0.4, -0.2) is 11.8 Å². The molecule has 0 aliphatic carbocycles. The Hall–Kier alpha value is -4.18. The highest BCUT2D eigenvalue weighted by Crippen LogP contribution is 2.21. The molecule has 0 heterocycles. The van der Waals surface area contributed by atoms with Crippen LogP contribution in [0.2, 0.25) is 0 Å². The molecule has 0 saturated carbocycles. The summed E-state index contributed by atoms with van der Waals surface area (Å²) in [6, 6.07) is 34.1.